The topological polar surface area (TPSA) is 18.5 Å². The summed E-state index contributed by atoms with van der Waals surface area (Å²) in [6, 6.07) is 0. The lowest BCUT2D eigenvalue weighted by atomic mass is 9.94. The molecule has 0 saturated carbocycles. The SMILES string of the molecule is CCNCC1CCN(CCC2CCN(C)CC2)C1. The first kappa shape index (κ1) is 14.3. The van der Waals surface area contributed by atoms with Crippen LogP contribution in [0.25, 0.3) is 0 Å². The monoisotopic (exact) mass is 253 g/mol. The molecule has 0 amide bonds. The lowest BCUT2D eigenvalue weighted by Crippen LogP contribution is -2.32. The van der Waals surface area contributed by atoms with Crippen LogP contribution in [0.15, 0.2) is 0 Å². The van der Waals surface area contributed by atoms with Gasteiger partial charge in [0.1, 0.15) is 0 Å². The molecule has 1 unspecified atom stereocenters. The molecule has 3 nitrogen and oxygen atoms in total. The Kier molecular flexibility index (Phi) is 5.93. The molecule has 0 bridgehead atoms. The molecule has 2 aliphatic rings. The molecule has 2 heterocycles. The van der Waals surface area contributed by atoms with Gasteiger partial charge in [-0.2, -0.15) is 0 Å². The highest BCUT2D eigenvalue weighted by Gasteiger charge is 2.23. The van der Waals surface area contributed by atoms with Crippen LogP contribution in [-0.2, 0) is 0 Å². The van der Waals surface area contributed by atoms with E-state index >= 15 is 0 Å². The number of piperidine rings is 1. The van der Waals surface area contributed by atoms with Crippen LogP contribution < -0.4 is 5.32 Å². The second kappa shape index (κ2) is 7.46. The van der Waals surface area contributed by atoms with Crippen molar-refractivity contribution in [3.8, 4) is 0 Å². The second-order valence-corrected chi connectivity index (χ2v) is 6.30. The Morgan fingerprint density at radius 2 is 1.78 bits per heavy atom. The number of hydrogen-bond donors (Lipinski definition) is 1. The van der Waals surface area contributed by atoms with Gasteiger partial charge in [-0.15, -0.1) is 0 Å². The van der Waals surface area contributed by atoms with Crippen LogP contribution in [0.4, 0.5) is 0 Å². The Hall–Kier alpha value is -0.120. The van der Waals surface area contributed by atoms with E-state index in [2.05, 4.69) is 29.1 Å². The van der Waals surface area contributed by atoms with Crippen LogP contribution in [0.5, 0.6) is 0 Å². The number of rotatable bonds is 6. The molecule has 0 aromatic carbocycles. The van der Waals surface area contributed by atoms with E-state index in [-0.39, 0.29) is 0 Å². The van der Waals surface area contributed by atoms with Crippen molar-refractivity contribution in [2.75, 3.05) is 52.9 Å². The maximum absolute atomic E-state index is 3.49. The van der Waals surface area contributed by atoms with Crippen LogP contribution in [0.1, 0.15) is 32.6 Å². The molecule has 1 atom stereocenters. The molecule has 0 radical (unpaired) electrons. The first-order valence-corrected chi connectivity index (χ1v) is 7.89. The van der Waals surface area contributed by atoms with E-state index in [1.165, 1.54) is 65.0 Å². The van der Waals surface area contributed by atoms with Gasteiger partial charge in [-0.1, -0.05) is 6.92 Å². The van der Waals surface area contributed by atoms with Gasteiger partial charge >= 0.3 is 0 Å². The van der Waals surface area contributed by atoms with Gasteiger partial charge in [0.15, 0.2) is 0 Å². The van der Waals surface area contributed by atoms with E-state index < -0.39 is 0 Å². The van der Waals surface area contributed by atoms with Crippen molar-refractivity contribution < 1.29 is 0 Å². The fourth-order valence-electron chi connectivity index (χ4n) is 3.35. The van der Waals surface area contributed by atoms with Gasteiger partial charge in [0.2, 0.25) is 0 Å². The summed E-state index contributed by atoms with van der Waals surface area (Å²) in [6.07, 6.45) is 5.68. The predicted molar refractivity (Wildman–Crippen MR) is 77.9 cm³/mol. The largest absolute Gasteiger partial charge is 0.317 e. The third kappa shape index (κ3) is 4.52. The molecule has 2 saturated heterocycles. The van der Waals surface area contributed by atoms with E-state index in [1.807, 2.05) is 0 Å². The highest BCUT2D eigenvalue weighted by atomic mass is 15.1. The zero-order valence-electron chi connectivity index (χ0n) is 12.3. The second-order valence-electron chi connectivity index (χ2n) is 6.30. The van der Waals surface area contributed by atoms with Crippen molar-refractivity contribution in [2.24, 2.45) is 11.8 Å². The summed E-state index contributed by atoms with van der Waals surface area (Å²) in [7, 11) is 2.25. The molecule has 0 aromatic heterocycles. The van der Waals surface area contributed by atoms with Crippen molar-refractivity contribution in [1.29, 1.82) is 0 Å². The van der Waals surface area contributed by atoms with Gasteiger partial charge in [-0.05, 0) is 83.8 Å². The third-order valence-corrected chi connectivity index (χ3v) is 4.74. The van der Waals surface area contributed by atoms with E-state index in [1.54, 1.807) is 0 Å². The number of likely N-dealkylation sites (tertiary alicyclic amines) is 2. The molecule has 0 aromatic rings. The molecule has 2 aliphatic heterocycles. The molecule has 18 heavy (non-hydrogen) atoms. The van der Waals surface area contributed by atoms with Gasteiger partial charge in [-0.25, -0.2) is 0 Å². The average molecular weight is 253 g/mol. The zero-order valence-corrected chi connectivity index (χ0v) is 12.3. The van der Waals surface area contributed by atoms with Crippen molar-refractivity contribution in [1.82, 2.24) is 15.1 Å². The predicted octanol–water partition coefficient (Wildman–Crippen LogP) is 1.65. The molecular weight excluding hydrogens is 222 g/mol. The molecule has 106 valence electrons. The van der Waals surface area contributed by atoms with Gasteiger partial charge in [0.05, 0.1) is 0 Å². The fourth-order valence-corrected chi connectivity index (χ4v) is 3.35. The third-order valence-electron chi connectivity index (χ3n) is 4.74. The lowest BCUT2D eigenvalue weighted by Gasteiger charge is -2.30. The summed E-state index contributed by atoms with van der Waals surface area (Å²) in [5, 5.41) is 3.49. The summed E-state index contributed by atoms with van der Waals surface area (Å²) in [6.45, 7) is 11.2. The zero-order chi connectivity index (χ0) is 12.8. The van der Waals surface area contributed by atoms with Crippen molar-refractivity contribution in [3.63, 3.8) is 0 Å². The number of hydrogen-bond acceptors (Lipinski definition) is 3. The summed E-state index contributed by atoms with van der Waals surface area (Å²) >= 11 is 0. The maximum atomic E-state index is 3.49. The molecule has 2 rings (SSSR count). The van der Waals surface area contributed by atoms with Crippen LogP contribution in [0.2, 0.25) is 0 Å². The molecule has 0 spiro atoms. The van der Waals surface area contributed by atoms with Crippen LogP contribution >= 0.6 is 0 Å². The molecule has 2 fully saturated rings. The van der Waals surface area contributed by atoms with Crippen LogP contribution in [-0.4, -0.2) is 62.7 Å². The van der Waals surface area contributed by atoms with E-state index in [0.717, 1.165) is 18.4 Å². The fraction of sp³-hybridized carbons (Fsp3) is 1.00. The normalized spacial score (nSPS) is 28.0. The van der Waals surface area contributed by atoms with Crippen LogP contribution in [0.3, 0.4) is 0 Å². The Balaban J connectivity index is 1.57. The standard InChI is InChI=1S/C15H31N3/c1-3-16-12-15-7-11-18(13-15)10-6-14-4-8-17(2)9-5-14/h14-16H,3-13H2,1-2H3. The highest BCUT2D eigenvalue weighted by Crippen LogP contribution is 2.22. The molecule has 1 N–H and O–H groups in total. The van der Waals surface area contributed by atoms with Crippen molar-refractivity contribution in [2.45, 2.75) is 32.6 Å². The maximum Gasteiger partial charge on any atom is 0.00223 e. The van der Waals surface area contributed by atoms with Gasteiger partial charge < -0.3 is 15.1 Å². The quantitative estimate of drug-likeness (QED) is 0.776. The summed E-state index contributed by atoms with van der Waals surface area (Å²) in [5.74, 6) is 1.90. The molecule has 0 aliphatic carbocycles. The molecular formula is C15H31N3. The van der Waals surface area contributed by atoms with Crippen LogP contribution in [0, 0.1) is 11.8 Å². The Labute approximate surface area is 113 Å². The van der Waals surface area contributed by atoms with E-state index in [9.17, 15) is 0 Å². The smallest absolute Gasteiger partial charge is 0.00223 e. The highest BCUT2D eigenvalue weighted by molar-refractivity contribution is 4.78. The van der Waals surface area contributed by atoms with E-state index in [4.69, 9.17) is 0 Å². The number of nitrogens with one attached hydrogen (secondary N) is 1. The Bertz CT molecular complexity index is 224. The number of nitrogens with zero attached hydrogens (tertiary/aromatic N) is 2. The Morgan fingerprint density at radius 1 is 1.06 bits per heavy atom. The van der Waals surface area contributed by atoms with Gasteiger partial charge in [0, 0.05) is 6.54 Å². The first-order valence-electron chi connectivity index (χ1n) is 7.89. The first-order chi connectivity index (χ1) is 8.78. The minimum atomic E-state index is 0.905. The lowest BCUT2D eigenvalue weighted by molar-refractivity contribution is 0.194. The summed E-state index contributed by atoms with van der Waals surface area (Å²) < 4.78 is 0. The summed E-state index contributed by atoms with van der Waals surface area (Å²) in [4.78, 5) is 5.17. The van der Waals surface area contributed by atoms with E-state index in [0.29, 0.717) is 0 Å². The van der Waals surface area contributed by atoms with Crippen molar-refractivity contribution >= 4 is 0 Å². The van der Waals surface area contributed by atoms with Crippen molar-refractivity contribution in [3.05, 3.63) is 0 Å². The van der Waals surface area contributed by atoms with Gasteiger partial charge in [-0.3, -0.25) is 0 Å². The minimum Gasteiger partial charge on any atom is -0.317 e. The average Bonchev–Trinajstić information content (AvgIpc) is 2.84. The Morgan fingerprint density at radius 3 is 2.50 bits per heavy atom. The summed E-state index contributed by atoms with van der Waals surface area (Å²) in [5.41, 5.74) is 0. The minimum absolute atomic E-state index is 0.905. The molecule has 3 heteroatoms. The van der Waals surface area contributed by atoms with Gasteiger partial charge in [0.25, 0.3) is 0 Å².